The minimum Gasteiger partial charge on any atom is -0.342 e. The van der Waals surface area contributed by atoms with Gasteiger partial charge in [0.1, 0.15) is 0 Å². The highest BCUT2D eigenvalue weighted by atomic mass is 16.2. The van der Waals surface area contributed by atoms with Crippen LogP contribution in [0.2, 0.25) is 0 Å². The summed E-state index contributed by atoms with van der Waals surface area (Å²) in [6.07, 6.45) is 6.15. The summed E-state index contributed by atoms with van der Waals surface area (Å²) in [7, 11) is 0. The van der Waals surface area contributed by atoms with Crippen LogP contribution in [0.4, 0.5) is 0 Å². The van der Waals surface area contributed by atoms with Gasteiger partial charge in [-0.3, -0.25) is 14.5 Å². The zero-order chi connectivity index (χ0) is 21.1. The third-order valence-corrected chi connectivity index (χ3v) is 7.24. The first kappa shape index (κ1) is 21.1. The zero-order valence-corrected chi connectivity index (χ0v) is 18.2. The van der Waals surface area contributed by atoms with Gasteiger partial charge in [0, 0.05) is 18.8 Å². The molecule has 3 aliphatic rings. The summed E-state index contributed by atoms with van der Waals surface area (Å²) >= 11 is 0. The van der Waals surface area contributed by atoms with E-state index in [4.69, 9.17) is 0 Å². The molecular weight excluding hydrogens is 374 g/mol. The molecule has 5 heteroatoms. The highest BCUT2D eigenvalue weighted by Gasteiger charge is 2.27. The van der Waals surface area contributed by atoms with Crippen molar-refractivity contribution in [2.75, 3.05) is 32.7 Å². The molecule has 1 N–H and O–H groups in total. The second-order valence-electron chi connectivity index (χ2n) is 9.46. The van der Waals surface area contributed by atoms with E-state index in [2.05, 4.69) is 52.9 Å². The number of benzene rings is 1. The van der Waals surface area contributed by atoms with E-state index >= 15 is 0 Å². The zero-order valence-electron chi connectivity index (χ0n) is 18.2. The number of carbonyl (C=O) groups is 2. The monoisotopic (exact) mass is 409 g/mol. The molecule has 5 nitrogen and oxygen atoms in total. The lowest BCUT2D eigenvalue weighted by Crippen LogP contribution is -2.45. The molecule has 1 aromatic rings. The molecule has 0 saturated carbocycles. The molecule has 30 heavy (non-hydrogen) atoms. The van der Waals surface area contributed by atoms with Gasteiger partial charge in [-0.2, -0.15) is 0 Å². The van der Waals surface area contributed by atoms with Gasteiger partial charge < -0.3 is 10.2 Å². The molecule has 0 aromatic heterocycles. The predicted molar refractivity (Wildman–Crippen MR) is 119 cm³/mol. The molecule has 0 radical (unpaired) electrons. The Hall–Kier alpha value is -2.14. The standard InChI is InChI=1S/C25H35N3O2/c1-18-9-15-28(16-10-18)24(29)17-27-13-11-21(12-14-27)20-4-6-22(7-5-20)23-8-3-19(2)26-25(23)30/h4-7,18,21,23H,2-3,8-17H2,1H3,(H,26,30). The van der Waals surface area contributed by atoms with Crippen LogP contribution in [-0.4, -0.2) is 54.3 Å². The highest BCUT2D eigenvalue weighted by Crippen LogP contribution is 2.31. The molecule has 3 aliphatic heterocycles. The van der Waals surface area contributed by atoms with Crippen LogP contribution in [-0.2, 0) is 9.59 Å². The van der Waals surface area contributed by atoms with E-state index in [9.17, 15) is 9.59 Å². The molecule has 0 spiro atoms. The van der Waals surface area contributed by atoms with Gasteiger partial charge in [-0.1, -0.05) is 37.8 Å². The molecule has 0 aliphatic carbocycles. The highest BCUT2D eigenvalue weighted by molar-refractivity contribution is 5.86. The van der Waals surface area contributed by atoms with Crippen molar-refractivity contribution in [3.63, 3.8) is 0 Å². The molecular formula is C25H35N3O2. The van der Waals surface area contributed by atoms with Crippen LogP contribution in [0.3, 0.4) is 0 Å². The Morgan fingerprint density at radius 3 is 2.27 bits per heavy atom. The lowest BCUT2D eigenvalue weighted by atomic mass is 9.85. The number of hydrogen-bond donors (Lipinski definition) is 1. The van der Waals surface area contributed by atoms with Crippen LogP contribution in [0, 0.1) is 5.92 Å². The van der Waals surface area contributed by atoms with Crippen molar-refractivity contribution in [2.24, 2.45) is 5.92 Å². The van der Waals surface area contributed by atoms with Gasteiger partial charge in [0.15, 0.2) is 0 Å². The fourth-order valence-corrected chi connectivity index (χ4v) is 5.07. The smallest absolute Gasteiger partial charge is 0.236 e. The Labute approximate surface area is 180 Å². The average Bonchev–Trinajstić information content (AvgIpc) is 2.75. The Morgan fingerprint density at radius 1 is 1.00 bits per heavy atom. The third kappa shape index (κ3) is 4.94. The van der Waals surface area contributed by atoms with Crippen molar-refractivity contribution >= 4 is 11.8 Å². The summed E-state index contributed by atoms with van der Waals surface area (Å²) in [6, 6.07) is 8.65. The van der Waals surface area contributed by atoms with Gasteiger partial charge in [0.2, 0.25) is 11.8 Å². The predicted octanol–water partition coefficient (Wildman–Crippen LogP) is 3.63. The summed E-state index contributed by atoms with van der Waals surface area (Å²) in [5, 5.41) is 2.88. The minimum absolute atomic E-state index is 0.0600. The summed E-state index contributed by atoms with van der Waals surface area (Å²) in [4.78, 5) is 29.2. The SMILES string of the molecule is C=C1CCC(c2ccc(C3CCN(CC(=O)N4CCC(C)CC4)CC3)cc2)C(=O)N1. The van der Waals surface area contributed by atoms with E-state index in [1.54, 1.807) is 0 Å². The van der Waals surface area contributed by atoms with E-state index in [1.807, 2.05) is 0 Å². The fraction of sp³-hybridized carbons (Fsp3) is 0.600. The topological polar surface area (TPSA) is 52.7 Å². The van der Waals surface area contributed by atoms with E-state index in [0.717, 1.165) is 81.9 Å². The first-order valence-corrected chi connectivity index (χ1v) is 11.6. The van der Waals surface area contributed by atoms with Gasteiger partial charge in [-0.05, 0) is 74.6 Å². The summed E-state index contributed by atoms with van der Waals surface area (Å²) in [6.45, 7) is 10.5. The molecule has 0 bridgehead atoms. The molecule has 1 atom stereocenters. The van der Waals surface area contributed by atoms with E-state index in [0.29, 0.717) is 18.4 Å². The molecule has 4 rings (SSSR count). The number of allylic oxidation sites excluding steroid dienone is 1. The van der Waals surface area contributed by atoms with Crippen molar-refractivity contribution in [3.8, 4) is 0 Å². The summed E-state index contributed by atoms with van der Waals surface area (Å²) in [5.41, 5.74) is 3.28. The number of amides is 2. The fourth-order valence-electron chi connectivity index (χ4n) is 5.07. The van der Waals surface area contributed by atoms with Crippen LogP contribution >= 0.6 is 0 Å². The van der Waals surface area contributed by atoms with E-state index in [-0.39, 0.29) is 11.8 Å². The van der Waals surface area contributed by atoms with Gasteiger partial charge in [-0.25, -0.2) is 0 Å². The van der Waals surface area contributed by atoms with Crippen molar-refractivity contribution in [1.82, 2.24) is 15.1 Å². The first-order valence-electron chi connectivity index (χ1n) is 11.6. The first-order chi connectivity index (χ1) is 14.5. The number of likely N-dealkylation sites (tertiary alicyclic amines) is 2. The second-order valence-corrected chi connectivity index (χ2v) is 9.46. The third-order valence-electron chi connectivity index (χ3n) is 7.24. The van der Waals surface area contributed by atoms with Crippen molar-refractivity contribution in [3.05, 3.63) is 47.7 Å². The number of hydrogen-bond acceptors (Lipinski definition) is 3. The van der Waals surface area contributed by atoms with Crippen molar-refractivity contribution in [1.29, 1.82) is 0 Å². The molecule has 2 amide bonds. The van der Waals surface area contributed by atoms with Gasteiger partial charge in [-0.15, -0.1) is 0 Å². The quantitative estimate of drug-likeness (QED) is 0.826. The largest absolute Gasteiger partial charge is 0.342 e. The van der Waals surface area contributed by atoms with Crippen LogP contribution in [0.5, 0.6) is 0 Å². The van der Waals surface area contributed by atoms with E-state index < -0.39 is 0 Å². The minimum atomic E-state index is -0.0600. The van der Waals surface area contributed by atoms with Gasteiger partial charge >= 0.3 is 0 Å². The maximum Gasteiger partial charge on any atom is 0.236 e. The number of rotatable bonds is 4. The molecule has 3 heterocycles. The Kier molecular flexibility index (Phi) is 6.57. The van der Waals surface area contributed by atoms with Crippen LogP contribution in [0.25, 0.3) is 0 Å². The Bertz CT molecular complexity index is 772. The number of carbonyl (C=O) groups excluding carboxylic acids is 2. The van der Waals surface area contributed by atoms with E-state index in [1.165, 1.54) is 5.56 Å². The summed E-state index contributed by atoms with van der Waals surface area (Å²) in [5.74, 6) is 1.61. The van der Waals surface area contributed by atoms with Crippen LogP contribution in [0.15, 0.2) is 36.5 Å². The van der Waals surface area contributed by atoms with Crippen LogP contribution < -0.4 is 5.32 Å². The molecule has 1 aromatic carbocycles. The summed E-state index contributed by atoms with van der Waals surface area (Å²) < 4.78 is 0. The molecule has 162 valence electrons. The molecule has 3 fully saturated rings. The molecule has 1 unspecified atom stereocenters. The number of piperidine rings is 3. The normalized spacial score (nSPS) is 24.7. The average molecular weight is 410 g/mol. The van der Waals surface area contributed by atoms with Crippen LogP contribution in [0.1, 0.15) is 68.4 Å². The maximum absolute atomic E-state index is 12.6. The maximum atomic E-state index is 12.6. The van der Waals surface area contributed by atoms with Gasteiger partial charge in [0.05, 0.1) is 12.5 Å². The lowest BCUT2D eigenvalue weighted by Gasteiger charge is -2.35. The number of nitrogens with one attached hydrogen (secondary N) is 1. The van der Waals surface area contributed by atoms with Crippen molar-refractivity contribution < 1.29 is 9.59 Å². The van der Waals surface area contributed by atoms with Gasteiger partial charge in [0.25, 0.3) is 0 Å². The molecule has 3 saturated heterocycles. The van der Waals surface area contributed by atoms with Crippen molar-refractivity contribution in [2.45, 2.75) is 57.3 Å². The second kappa shape index (κ2) is 9.34. The lowest BCUT2D eigenvalue weighted by molar-refractivity contribution is -0.134. The Balaban J connectivity index is 1.26. The Morgan fingerprint density at radius 2 is 1.63 bits per heavy atom. The number of nitrogens with zero attached hydrogens (tertiary/aromatic N) is 2.